The van der Waals surface area contributed by atoms with Gasteiger partial charge in [-0.2, -0.15) is 20.1 Å². The Labute approximate surface area is 173 Å². The minimum absolute atomic E-state index is 0.482. The normalized spacial score (nSPS) is 17.7. The highest BCUT2D eigenvalue weighted by Crippen LogP contribution is 2.22. The van der Waals surface area contributed by atoms with E-state index in [1.807, 2.05) is 36.4 Å². The molecule has 1 aromatic carbocycles. The lowest BCUT2D eigenvalue weighted by Crippen LogP contribution is -2.25. The van der Waals surface area contributed by atoms with Crippen LogP contribution in [0.1, 0.15) is 31.2 Å². The minimum atomic E-state index is 0.482. The first-order chi connectivity index (χ1) is 13.8. The first kappa shape index (κ1) is 18.9. The van der Waals surface area contributed by atoms with Gasteiger partial charge >= 0.3 is 0 Å². The first-order valence-corrected chi connectivity index (χ1v) is 10.5. The number of rotatable bonds is 6. The molecule has 0 atom stereocenters. The predicted molar refractivity (Wildman–Crippen MR) is 118 cm³/mol. The number of benzene rings is 1. The van der Waals surface area contributed by atoms with Crippen molar-refractivity contribution in [2.75, 3.05) is 41.4 Å². The second-order valence-electron chi connectivity index (χ2n) is 6.96. The maximum atomic E-state index is 4.71. The Morgan fingerprint density at radius 3 is 2.04 bits per heavy atom. The number of anilines is 3. The fraction of sp³-hybridized carbons (Fsp3) is 0.400. The van der Waals surface area contributed by atoms with E-state index >= 15 is 0 Å². The van der Waals surface area contributed by atoms with Crippen LogP contribution < -0.4 is 15.2 Å². The predicted octanol–water partition coefficient (Wildman–Crippen LogP) is 3.91. The standard InChI is InChI=1S/C20H24BrN7/c21-17(14-16-8-2-1-3-9-16)15-22-26-18-23-19(27-10-4-5-11-27)25-20(24-18)28-12-6-7-13-28/h1-3,8-9,14-15H,4-7,10-13H2,(H,23,24,25,26)/b17-14-,22-15-. The molecule has 3 heterocycles. The second-order valence-corrected chi connectivity index (χ2v) is 7.87. The smallest absolute Gasteiger partial charge is 0.250 e. The lowest BCUT2D eigenvalue weighted by atomic mass is 10.2. The third-order valence-corrected chi connectivity index (χ3v) is 5.28. The van der Waals surface area contributed by atoms with Gasteiger partial charge in [-0.25, -0.2) is 5.43 Å². The van der Waals surface area contributed by atoms with Gasteiger partial charge in [0.05, 0.1) is 6.21 Å². The van der Waals surface area contributed by atoms with E-state index in [9.17, 15) is 0 Å². The summed E-state index contributed by atoms with van der Waals surface area (Å²) in [6, 6.07) is 10.1. The molecule has 2 aromatic rings. The molecule has 146 valence electrons. The molecule has 0 bridgehead atoms. The van der Waals surface area contributed by atoms with Crippen molar-refractivity contribution in [1.82, 2.24) is 15.0 Å². The molecule has 0 unspecified atom stereocenters. The Hall–Kier alpha value is -2.48. The van der Waals surface area contributed by atoms with Crippen LogP contribution in [0, 0.1) is 0 Å². The topological polar surface area (TPSA) is 69.5 Å². The summed E-state index contributed by atoms with van der Waals surface area (Å²) in [5.74, 6) is 1.96. The fourth-order valence-corrected chi connectivity index (χ4v) is 3.79. The van der Waals surface area contributed by atoms with Gasteiger partial charge < -0.3 is 9.80 Å². The van der Waals surface area contributed by atoms with Crippen LogP contribution in [0.15, 0.2) is 39.9 Å². The van der Waals surface area contributed by atoms with Crippen molar-refractivity contribution in [3.05, 3.63) is 40.4 Å². The zero-order valence-electron chi connectivity index (χ0n) is 15.8. The highest BCUT2D eigenvalue weighted by molar-refractivity contribution is 9.12. The molecule has 28 heavy (non-hydrogen) atoms. The molecule has 2 aliphatic heterocycles. The number of nitrogens with one attached hydrogen (secondary N) is 1. The van der Waals surface area contributed by atoms with Crippen LogP contribution in [-0.4, -0.2) is 47.3 Å². The molecule has 0 saturated carbocycles. The molecule has 7 nitrogen and oxygen atoms in total. The zero-order valence-corrected chi connectivity index (χ0v) is 17.3. The van der Waals surface area contributed by atoms with Crippen molar-refractivity contribution in [2.45, 2.75) is 25.7 Å². The van der Waals surface area contributed by atoms with Gasteiger partial charge in [0, 0.05) is 30.7 Å². The SMILES string of the molecule is BrC(/C=N\Nc1nc(N2CCCC2)nc(N2CCCC2)n1)=C\c1ccccc1. The largest absolute Gasteiger partial charge is 0.341 e. The van der Waals surface area contributed by atoms with E-state index in [1.54, 1.807) is 6.21 Å². The highest BCUT2D eigenvalue weighted by atomic mass is 79.9. The summed E-state index contributed by atoms with van der Waals surface area (Å²) >= 11 is 3.53. The minimum Gasteiger partial charge on any atom is -0.341 e. The maximum absolute atomic E-state index is 4.71. The van der Waals surface area contributed by atoms with Crippen LogP contribution in [0.4, 0.5) is 17.8 Å². The van der Waals surface area contributed by atoms with Gasteiger partial charge in [0.2, 0.25) is 17.8 Å². The summed E-state index contributed by atoms with van der Waals surface area (Å²) in [6.45, 7) is 3.99. The van der Waals surface area contributed by atoms with Gasteiger partial charge in [0.25, 0.3) is 0 Å². The number of halogens is 1. The van der Waals surface area contributed by atoms with Gasteiger partial charge in [-0.3, -0.25) is 0 Å². The van der Waals surface area contributed by atoms with Gasteiger partial charge in [0.15, 0.2) is 0 Å². The molecule has 4 rings (SSSR count). The average Bonchev–Trinajstić information content (AvgIpc) is 3.43. The number of nitrogens with zero attached hydrogens (tertiary/aromatic N) is 6. The molecular formula is C20H24BrN7. The number of aromatic nitrogens is 3. The van der Waals surface area contributed by atoms with Crippen molar-refractivity contribution >= 4 is 46.1 Å². The second kappa shape index (κ2) is 9.14. The van der Waals surface area contributed by atoms with Crippen LogP contribution in [0.5, 0.6) is 0 Å². The number of allylic oxidation sites excluding steroid dienone is 1. The van der Waals surface area contributed by atoms with Gasteiger partial charge in [-0.15, -0.1) is 0 Å². The maximum Gasteiger partial charge on any atom is 0.250 e. The van der Waals surface area contributed by atoms with E-state index in [1.165, 1.54) is 25.7 Å². The van der Waals surface area contributed by atoms with Crippen LogP contribution in [0.2, 0.25) is 0 Å². The molecule has 8 heteroatoms. The summed E-state index contributed by atoms with van der Waals surface area (Å²) in [5, 5.41) is 4.29. The van der Waals surface area contributed by atoms with E-state index in [-0.39, 0.29) is 0 Å². The van der Waals surface area contributed by atoms with Crippen LogP contribution in [-0.2, 0) is 0 Å². The van der Waals surface area contributed by atoms with E-state index < -0.39 is 0 Å². The van der Waals surface area contributed by atoms with Crippen LogP contribution in [0.3, 0.4) is 0 Å². The summed E-state index contributed by atoms with van der Waals surface area (Å²) in [6.07, 6.45) is 8.45. The molecule has 1 N–H and O–H groups in total. The Morgan fingerprint density at radius 2 is 1.46 bits per heavy atom. The van der Waals surface area contributed by atoms with Crippen molar-refractivity contribution in [2.24, 2.45) is 5.10 Å². The van der Waals surface area contributed by atoms with Gasteiger partial charge in [-0.05, 0) is 53.3 Å². The van der Waals surface area contributed by atoms with Crippen molar-refractivity contribution in [3.8, 4) is 0 Å². The molecule has 0 aliphatic carbocycles. The average molecular weight is 442 g/mol. The van der Waals surface area contributed by atoms with E-state index in [0.29, 0.717) is 5.95 Å². The molecule has 1 aromatic heterocycles. The number of hydrogen-bond donors (Lipinski definition) is 1. The molecule has 2 aliphatic rings. The summed E-state index contributed by atoms with van der Waals surface area (Å²) in [5.41, 5.74) is 4.08. The van der Waals surface area contributed by atoms with E-state index in [4.69, 9.17) is 4.98 Å². The molecule has 0 amide bonds. The molecule has 0 spiro atoms. The quantitative estimate of drug-likeness (QED) is 0.541. The Balaban J connectivity index is 1.50. The third kappa shape index (κ3) is 4.86. The summed E-state index contributed by atoms with van der Waals surface area (Å²) < 4.78 is 0.861. The van der Waals surface area contributed by atoms with Crippen molar-refractivity contribution in [1.29, 1.82) is 0 Å². The fourth-order valence-electron chi connectivity index (χ4n) is 3.42. The first-order valence-electron chi connectivity index (χ1n) is 9.75. The monoisotopic (exact) mass is 441 g/mol. The van der Waals surface area contributed by atoms with Crippen LogP contribution >= 0.6 is 15.9 Å². The van der Waals surface area contributed by atoms with Crippen molar-refractivity contribution in [3.63, 3.8) is 0 Å². The summed E-state index contributed by atoms with van der Waals surface area (Å²) in [7, 11) is 0. The van der Waals surface area contributed by atoms with Crippen molar-refractivity contribution < 1.29 is 0 Å². The highest BCUT2D eigenvalue weighted by Gasteiger charge is 2.21. The third-order valence-electron chi connectivity index (χ3n) is 4.85. The zero-order chi connectivity index (χ0) is 19.2. The Kier molecular flexibility index (Phi) is 6.16. The van der Waals surface area contributed by atoms with Gasteiger partial charge in [0.1, 0.15) is 0 Å². The molecule has 2 fully saturated rings. The number of hydrogen-bond acceptors (Lipinski definition) is 7. The Bertz CT molecular complexity index is 807. The van der Waals surface area contributed by atoms with E-state index in [2.05, 4.69) is 46.2 Å². The molecular weight excluding hydrogens is 418 g/mol. The summed E-state index contributed by atoms with van der Waals surface area (Å²) in [4.78, 5) is 18.3. The van der Waals surface area contributed by atoms with E-state index in [0.717, 1.165) is 48.1 Å². The Morgan fingerprint density at radius 1 is 0.893 bits per heavy atom. The lowest BCUT2D eigenvalue weighted by Gasteiger charge is -2.20. The molecule has 0 radical (unpaired) electrons. The molecule has 2 saturated heterocycles. The van der Waals surface area contributed by atoms with Crippen LogP contribution in [0.25, 0.3) is 6.08 Å². The number of hydrazone groups is 1. The lowest BCUT2D eigenvalue weighted by molar-refractivity contribution is 0.838. The van der Waals surface area contributed by atoms with Gasteiger partial charge in [-0.1, -0.05) is 30.3 Å².